The summed E-state index contributed by atoms with van der Waals surface area (Å²) in [6, 6.07) is 1.65. The molecule has 3 nitrogen and oxygen atoms in total. The molecule has 1 aliphatic rings. The lowest BCUT2D eigenvalue weighted by molar-refractivity contribution is 0.0781. The van der Waals surface area contributed by atoms with E-state index >= 15 is 0 Å². The predicted octanol–water partition coefficient (Wildman–Crippen LogP) is 2.85. The first-order chi connectivity index (χ1) is 8.90. The van der Waals surface area contributed by atoms with Crippen molar-refractivity contribution in [1.82, 2.24) is 4.90 Å². The van der Waals surface area contributed by atoms with Crippen LogP contribution in [0, 0.1) is 17.6 Å². The second kappa shape index (κ2) is 6.70. The Bertz CT molecular complexity index is 511. The molecule has 0 aromatic heterocycles. The van der Waals surface area contributed by atoms with Gasteiger partial charge in [0.25, 0.3) is 5.91 Å². The largest absolute Gasteiger partial charge is 0.338 e. The molecule has 112 valence electrons. The minimum absolute atomic E-state index is 0. The molecule has 2 N–H and O–H groups in total. The summed E-state index contributed by atoms with van der Waals surface area (Å²) in [7, 11) is 0. The maximum absolute atomic E-state index is 13.7. The van der Waals surface area contributed by atoms with E-state index in [1.54, 1.807) is 0 Å². The molecule has 20 heavy (non-hydrogen) atoms. The molecule has 0 radical (unpaired) electrons. The van der Waals surface area contributed by atoms with Crippen LogP contribution in [0.2, 0.25) is 5.02 Å². The van der Waals surface area contributed by atoms with Crippen molar-refractivity contribution in [2.75, 3.05) is 13.1 Å². The van der Waals surface area contributed by atoms with Crippen LogP contribution in [-0.2, 0) is 0 Å². The molecule has 1 aliphatic heterocycles. The van der Waals surface area contributed by atoms with Crippen LogP contribution in [0.5, 0.6) is 0 Å². The van der Waals surface area contributed by atoms with Gasteiger partial charge >= 0.3 is 0 Å². The van der Waals surface area contributed by atoms with E-state index in [2.05, 4.69) is 0 Å². The number of nitrogens with two attached hydrogens (primary N) is 1. The Morgan fingerprint density at radius 2 is 2.10 bits per heavy atom. The highest BCUT2D eigenvalue weighted by atomic mass is 35.5. The highest BCUT2D eigenvalue weighted by Crippen LogP contribution is 2.24. The predicted molar refractivity (Wildman–Crippen MR) is 76.3 cm³/mol. The fourth-order valence-electron chi connectivity index (χ4n) is 2.26. The van der Waals surface area contributed by atoms with E-state index in [0.717, 1.165) is 18.6 Å². The summed E-state index contributed by atoms with van der Waals surface area (Å²) in [6.45, 7) is 2.86. The SMILES string of the molecule is CC(N)C1CCN(C(=O)c2cc(F)c(Cl)cc2F)C1.Cl. The van der Waals surface area contributed by atoms with E-state index in [1.807, 2.05) is 6.92 Å². The summed E-state index contributed by atoms with van der Waals surface area (Å²) in [4.78, 5) is 13.6. The zero-order valence-corrected chi connectivity index (χ0v) is 12.5. The molecular formula is C13H16Cl2F2N2O. The maximum Gasteiger partial charge on any atom is 0.256 e. The Morgan fingerprint density at radius 1 is 1.45 bits per heavy atom. The molecule has 0 spiro atoms. The third-order valence-corrected chi connectivity index (χ3v) is 3.79. The molecule has 1 heterocycles. The monoisotopic (exact) mass is 324 g/mol. The van der Waals surface area contributed by atoms with Crippen LogP contribution in [0.1, 0.15) is 23.7 Å². The molecule has 1 saturated heterocycles. The molecule has 2 atom stereocenters. The van der Waals surface area contributed by atoms with E-state index in [4.69, 9.17) is 17.3 Å². The normalized spacial score (nSPS) is 19.6. The number of benzene rings is 1. The van der Waals surface area contributed by atoms with Crippen LogP contribution in [0.3, 0.4) is 0 Å². The zero-order valence-electron chi connectivity index (χ0n) is 10.9. The number of hydrogen-bond acceptors (Lipinski definition) is 2. The molecule has 0 saturated carbocycles. The topological polar surface area (TPSA) is 46.3 Å². The molecule has 1 amide bonds. The number of amides is 1. The van der Waals surface area contributed by atoms with Crippen molar-refractivity contribution in [1.29, 1.82) is 0 Å². The molecule has 2 rings (SSSR count). The van der Waals surface area contributed by atoms with Crippen LogP contribution in [-0.4, -0.2) is 29.9 Å². The van der Waals surface area contributed by atoms with E-state index in [0.29, 0.717) is 13.1 Å². The lowest BCUT2D eigenvalue weighted by Gasteiger charge is -2.18. The molecule has 1 aromatic carbocycles. The quantitative estimate of drug-likeness (QED) is 0.850. The van der Waals surface area contributed by atoms with Gasteiger partial charge in [-0.25, -0.2) is 8.78 Å². The molecule has 1 fully saturated rings. The Labute approximate surface area is 127 Å². The van der Waals surface area contributed by atoms with Gasteiger partial charge in [-0.15, -0.1) is 12.4 Å². The first kappa shape index (κ1) is 17.1. The minimum atomic E-state index is -0.805. The number of nitrogens with zero attached hydrogens (tertiary/aromatic N) is 1. The van der Waals surface area contributed by atoms with Crippen molar-refractivity contribution in [2.24, 2.45) is 11.7 Å². The molecule has 2 unspecified atom stereocenters. The fourth-order valence-corrected chi connectivity index (χ4v) is 2.41. The van der Waals surface area contributed by atoms with E-state index in [1.165, 1.54) is 4.90 Å². The standard InChI is InChI=1S/C13H15ClF2N2O.ClH/c1-7(17)8-2-3-18(6-8)13(19)9-4-12(16)10(14)5-11(9)15;/h4-5,7-8H,2-3,6,17H2,1H3;1H. The minimum Gasteiger partial charge on any atom is -0.338 e. The van der Waals surface area contributed by atoms with Crippen LogP contribution in [0.4, 0.5) is 8.78 Å². The molecule has 1 aromatic rings. The number of rotatable bonds is 2. The van der Waals surface area contributed by atoms with Crippen molar-refractivity contribution in [3.8, 4) is 0 Å². The van der Waals surface area contributed by atoms with Gasteiger partial charge in [-0.05, 0) is 31.4 Å². The Morgan fingerprint density at radius 3 is 2.65 bits per heavy atom. The van der Waals surface area contributed by atoms with Gasteiger partial charge in [0.05, 0.1) is 10.6 Å². The first-order valence-electron chi connectivity index (χ1n) is 6.09. The number of halogens is 4. The van der Waals surface area contributed by atoms with Crippen LogP contribution in [0.15, 0.2) is 12.1 Å². The lowest BCUT2D eigenvalue weighted by Crippen LogP contribution is -2.33. The molecule has 0 aliphatic carbocycles. The summed E-state index contributed by atoms with van der Waals surface area (Å²) < 4.78 is 27.0. The van der Waals surface area contributed by atoms with Gasteiger partial charge in [-0.3, -0.25) is 4.79 Å². The van der Waals surface area contributed by atoms with Crippen molar-refractivity contribution < 1.29 is 13.6 Å². The molecule has 0 bridgehead atoms. The summed E-state index contributed by atoms with van der Waals surface area (Å²) in [5, 5.41) is -0.330. The molecular weight excluding hydrogens is 309 g/mol. The van der Waals surface area contributed by atoms with Gasteiger partial charge in [0, 0.05) is 19.1 Å². The Hall–Kier alpha value is -0.910. The summed E-state index contributed by atoms with van der Waals surface area (Å²) in [6.07, 6.45) is 0.779. The van der Waals surface area contributed by atoms with Crippen LogP contribution >= 0.6 is 24.0 Å². The van der Waals surface area contributed by atoms with Gasteiger partial charge in [0.2, 0.25) is 0 Å². The van der Waals surface area contributed by atoms with Gasteiger partial charge in [0.15, 0.2) is 0 Å². The van der Waals surface area contributed by atoms with Crippen molar-refractivity contribution in [2.45, 2.75) is 19.4 Å². The number of carbonyl (C=O) groups is 1. The van der Waals surface area contributed by atoms with E-state index in [9.17, 15) is 13.6 Å². The average Bonchev–Trinajstić information content (AvgIpc) is 2.82. The average molecular weight is 325 g/mol. The Balaban J connectivity index is 0.00000200. The summed E-state index contributed by atoms with van der Waals surface area (Å²) in [5.41, 5.74) is 5.50. The maximum atomic E-state index is 13.7. The van der Waals surface area contributed by atoms with E-state index < -0.39 is 17.5 Å². The first-order valence-corrected chi connectivity index (χ1v) is 6.47. The van der Waals surface area contributed by atoms with Gasteiger partial charge in [0.1, 0.15) is 11.6 Å². The summed E-state index contributed by atoms with van der Waals surface area (Å²) >= 11 is 5.46. The third kappa shape index (κ3) is 3.40. The van der Waals surface area contributed by atoms with E-state index in [-0.39, 0.29) is 35.0 Å². The van der Waals surface area contributed by atoms with Crippen molar-refractivity contribution in [3.63, 3.8) is 0 Å². The fraction of sp³-hybridized carbons (Fsp3) is 0.462. The van der Waals surface area contributed by atoms with Crippen LogP contribution in [0.25, 0.3) is 0 Å². The van der Waals surface area contributed by atoms with Gasteiger partial charge in [-0.1, -0.05) is 11.6 Å². The lowest BCUT2D eigenvalue weighted by atomic mass is 10.0. The number of likely N-dealkylation sites (tertiary alicyclic amines) is 1. The second-order valence-electron chi connectivity index (χ2n) is 4.91. The smallest absolute Gasteiger partial charge is 0.256 e. The molecule has 7 heteroatoms. The highest BCUT2D eigenvalue weighted by molar-refractivity contribution is 6.30. The van der Waals surface area contributed by atoms with Gasteiger partial charge < -0.3 is 10.6 Å². The zero-order chi connectivity index (χ0) is 14.2. The van der Waals surface area contributed by atoms with Crippen molar-refractivity contribution in [3.05, 3.63) is 34.4 Å². The van der Waals surface area contributed by atoms with Crippen LogP contribution < -0.4 is 5.73 Å². The van der Waals surface area contributed by atoms with Crippen molar-refractivity contribution >= 4 is 29.9 Å². The highest BCUT2D eigenvalue weighted by Gasteiger charge is 2.30. The van der Waals surface area contributed by atoms with Gasteiger partial charge in [-0.2, -0.15) is 0 Å². The number of carbonyl (C=O) groups excluding carboxylic acids is 1. The number of hydrogen-bond donors (Lipinski definition) is 1. The summed E-state index contributed by atoms with van der Waals surface area (Å²) in [5.74, 6) is -1.92. The second-order valence-corrected chi connectivity index (χ2v) is 5.31. The third-order valence-electron chi connectivity index (χ3n) is 3.50. The Kier molecular flexibility index (Phi) is 5.74.